The highest BCUT2D eigenvalue weighted by Gasteiger charge is 2.54. The SMILES string of the molecule is Cc1ncc(-c2ccn3c(C(=O)N[C@H]4CC5(C4)C[C@H](c4n[nH]c(=O)c6ccccc64)C5)cnc3c2)s1. The zero-order chi connectivity index (χ0) is 24.4. The third-order valence-corrected chi connectivity index (χ3v) is 8.78. The van der Waals surface area contributed by atoms with Gasteiger partial charge in [-0.2, -0.15) is 5.10 Å². The van der Waals surface area contributed by atoms with Crippen molar-refractivity contribution in [1.29, 1.82) is 0 Å². The summed E-state index contributed by atoms with van der Waals surface area (Å²) >= 11 is 1.64. The Bertz CT molecular complexity index is 1700. The summed E-state index contributed by atoms with van der Waals surface area (Å²) in [6.45, 7) is 1.99. The second kappa shape index (κ2) is 7.83. The molecule has 4 aromatic heterocycles. The summed E-state index contributed by atoms with van der Waals surface area (Å²) in [7, 11) is 0. The first-order valence-corrected chi connectivity index (χ1v) is 13.0. The van der Waals surface area contributed by atoms with Gasteiger partial charge in [0.2, 0.25) is 0 Å². The van der Waals surface area contributed by atoms with Gasteiger partial charge in [-0.05, 0) is 61.8 Å². The zero-order valence-electron chi connectivity index (χ0n) is 19.7. The first kappa shape index (κ1) is 21.4. The minimum atomic E-state index is -0.142. The number of rotatable bonds is 4. The van der Waals surface area contributed by atoms with E-state index in [2.05, 4.69) is 25.5 Å². The number of carbonyl (C=O) groups excluding carboxylic acids is 1. The molecular weight excluding hydrogens is 472 g/mol. The van der Waals surface area contributed by atoms with Crippen molar-refractivity contribution < 1.29 is 4.79 Å². The van der Waals surface area contributed by atoms with Gasteiger partial charge in [-0.25, -0.2) is 15.1 Å². The van der Waals surface area contributed by atoms with Crippen LogP contribution in [0, 0.1) is 12.3 Å². The monoisotopic (exact) mass is 496 g/mol. The largest absolute Gasteiger partial charge is 0.348 e. The Hall–Kier alpha value is -3.85. The third kappa shape index (κ3) is 3.37. The van der Waals surface area contributed by atoms with Crippen molar-refractivity contribution in [3.8, 4) is 10.4 Å². The molecule has 0 atom stereocenters. The van der Waals surface area contributed by atoms with Crippen LogP contribution in [0.3, 0.4) is 0 Å². The maximum Gasteiger partial charge on any atom is 0.272 e. The van der Waals surface area contributed by atoms with Crippen molar-refractivity contribution in [2.45, 2.75) is 44.6 Å². The van der Waals surface area contributed by atoms with Gasteiger partial charge in [-0.1, -0.05) is 18.2 Å². The summed E-state index contributed by atoms with van der Waals surface area (Å²) in [5, 5.41) is 12.9. The van der Waals surface area contributed by atoms with E-state index in [1.807, 2.05) is 60.1 Å². The van der Waals surface area contributed by atoms with Crippen LogP contribution >= 0.6 is 11.3 Å². The summed E-state index contributed by atoms with van der Waals surface area (Å²) in [5.74, 6) is 0.256. The molecule has 0 bridgehead atoms. The highest BCUT2D eigenvalue weighted by atomic mass is 32.1. The van der Waals surface area contributed by atoms with Crippen LogP contribution in [0.15, 0.2) is 59.8 Å². The van der Waals surface area contributed by atoms with Gasteiger partial charge in [0.1, 0.15) is 11.3 Å². The van der Waals surface area contributed by atoms with Gasteiger partial charge >= 0.3 is 0 Å². The maximum atomic E-state index is 13.0. The lowest BCUT2D eigenvalue weighted by Crippen LogP contribution is -2.55. The molecule has 0 saturated heterocycles. The van der Waals surface area contributed by atoms with Gasteiger partial charge in [0.15, 0.2) is 0 Å². The summed E-state index contributed by atoms with van der Waals surface area (Å²) in [4.78, 5) is 35.0. The van der Waals surface area contributed by atoms with Gasteiger partial charge in [-0.3, -0.25) is 14.0 Å². The Labute approximate surface area is 210 Å². The standard InChI is InChI=1S/C27H24N6O2S/c1-15-28-14-22(36-15)16-6-7-33-21(13-29-23(33)8-16)26(35)30-18-11-27(12-18)9-17(10-27)24-19-4-2-3-5-20(19)25(34)32-31-24/h2-8,13-14,17-18H,9-12H2,1H3,(H,30,35)(H,32,34)/t17-,18-,27?. The molecule has 36 heavy (non-hydrogen) atoms. The van der Waals surface area contributed by atoms with Crippen LogP contribution in [-0.4, -0.2) is 36.5 Å². The Balaban J connectivity index is 1.01. The second-order valence-electron chi connectivity index (χ2n) is 10.2. The van der Waals surface area contributed by atoms with E-state index >= 15 is 0 Å². The molecule has 5 aromatic rings. The Morgan fingerprint density at radius 2 is 1.92 bits per heavy atom. The van der Waals surface area contributed by atoms with E-state index in [1.54, 1.807) is 17.5 Å². The van der Waals surface area contributed by atoms with Gasteiger partial charge in [0, 0.05) is 29.7 Å². The number of H-pyrrole nitrogens is 1. The quantitative estimate of drug-likeness (QED) is 0.382. The van der Waals surface area contributed by atoms with Crippen molar-refractivity contribution in [1.82, 2.24) is 29.9 Å². The fourth-order valence-electron chi connectivity index (χ4n) is 6.10. The molecule has 180 valence electrons. The van der Waals surface area contributed by atoms with E-state index in [4.69, 9.17) is 0 Å². The van der Waals surface area contributed by atoms with Crippen LogP contribution in [0.5, 0.6) is 0 Å². The van der Waals surface area contributed by atoms with Crippen LogP contribution < -0.4 is 10.9 Å². The third-order valence-electron chi connectivity index (χ3n) is 7.82. The molecule has 7 rings (SSSR count). The molecule has 0 aliphatic heterocycles. The fraction of sp³-hybridized carbons (Fsp3) is 0.296. The molecule has 2 saturated carbocycles. The van der Waals surface area contributed by atoms with E-state index in [1.165, 1.54) is 0 Å². The molecule has 1 aromatic carbocycles. The van der Waals surface area contributed by atoms with E-state index in [0.29, 0.717) is 17.0 Å². The summed E-state index contributed by atoms with van der Waals surface area (Å²) in [6.07, 6.45) is 9.45. The van der Waals surface area contributed by atoms with E-state index in [0.717, 1.165) is 57.9 Å². The number of benzene rings is 1. The van der Waals surface area contributed by atoms with Crippen LogP contribution in [0.1, 0.15) is 52.8 Å². The van der Waals surface area contributed by atoms with Crippen molar-refractivity contribution in [3.63, 3.8) is 0 Å². The molecule has 0 unspecified atom stereocenters. The Morgan fingerprint density at radius 1 is 1.11 bits per heavy atom. The first-order valence-electron chi connectivity index (χ1n) is 12.2. The first-order chi connectivity index (χ1) is 17.5. The normalized spacial score (nSPS) is 23.0. The van der Waals surface area contributed by atoms with Gasteiger partial charge < -0.3 is 5.32 Å². The lowest BCUT2D eigenvalue weighted by molar-refractivity contribution is -0.0197. The van der Waals surface area contributed by atoms with Crippen LogP contribution in [-0.2, 0) is 0 Å². The topological polar surface area (TPSA) is 105 Å². The number of fused-ring (bicyclic) bond motifs is 2. The number of nitrogens with one attached hydrogen (secondary N) is 2. The number of aryl methyl sites for hydroxylation is 1. The molecule has 2 aliphatic carbocycles. The number of amides is 1. The molecule has 1 amide bonds. The minimum Gasteiger partial charge on any atom is -0.348 e. The smallest absolute Gasteiger partial charge is 0.272 e. The zero-order valence-corrected chi connectivity index (χ0v) is 20.5. The number of pyridine rings is 1. The number of imidazole rings is 1. The van der Waals surface area contributed by atoms with Crippen LogP contribution in [0.2, 0.25) is 0 Å². The minimum absolute atomic E-state index is 0.0899. The number of nitrogens with zero attached hydrogens (tertiary/aromatic N) is 4. The lowest BCUT2D eigenvalue weighted by Gasteiger charge is -2.57. The number of aromatic amines is 1. The van der Waals surface area contributed by atoms with Crippen LogP contribution in [0.4, 0.5) is 0 Å². The molecule has 1 spiro atoms. The maximum absolute atomic E-state index is 13.0. The van der Waals surface area contributed by atoms with E-state index in [-0.39, 0.29) is 22.9 Å². The molecule has 8 nitrogen and oxygen atoms in total. The van der Waals surface area contributed by atoms with E-state index in [9.17, 15) is 9.59 Å². The summed E-state index contributed by atoms with van der Waals surface area (Å²) in [5.41, 5.74) is 3.46. The molecule has 2 fully saturated rings. The van der Waals surface area contributed by atoms with Crippen molar-refractivity contribution >= 4 is 33.7 Å². The predicted octanol–water partition coefficient (Wildman–Crippen LogP) is 4.46. The average Bonchev–Trinajstić information content (AvgIpc) is 3.46. The molecule has 2 N–H and O–H groups in total. The number of hydrogen-bond acceptors (Lipinski definition) is 6. The fourth-order valence-corrected chi connectivity index (χ4v) is 6.88. The highest BCUT2D eigenvalue weighted by molar-refractivity contribution is 7.15. The van der Waals surface area contributed by atoms with E-state index < -0.39 is 0 Å². The Morgan fingerprint density at radius 3 is 2.69 bits per heavy atom. The summed E-state index contributed by atoms with van der Waals surface area (Å²) in [6, 6.07) is 11.8. The highest BCUT2D eigenvalue weighted by Crippen LogP contribution is 2.62. The molecule has 2 aliphatic rings. The average molecular weight is 497 g/mol. The van der Waals surface area contributed by atoms with Crippen LogP contribution in [0.25, 0.3) is 26.9 Å². The number of carbonyl (C=O) groups is 1. The number of aromatic nitrogens is 5. The summed E-state index contributed by atoms with van der Waals surface area (Å²) < 4.78 is 1.84. The Kier molecular flexibility index (Phi) is 4.66. The molecular formula is C27H24N6O2S. The van der Waals surface area contributed by atoms with Gasteiger partial charge in [0.25, 0.3) is 11.5 Å². The molecule has 9 heteroatoms. The van der Waals surface area contributed by atoms with Gasteiger partial charge in [-0.15, -0.1) is 11.3 Å². The predicted molar refractivity (Wildman–Crippen MR) is 138 cm³/mol. The number of thiazole rings is 1. The molecule has 0 radical (unpaired) electrons. The second-order valence-corrected chi connectivity index (χ2v) is 11.4. The van der Waals surface area contributed by atoms with Gasteiger partial charge in [0.05, 0.1) is 27.2 Å². The van der Waals surface area contributed by atoms with Crippen molar-refractivity contribution in [3.05, 3.63) is 81.7 Å². The van der Waals surface area contributed by atoms with Crippen molar-refractivity contribution in [2.24, 2.45) is 5.41 Å². The lowest BCUT2D eigenvalue weighted by atomic mass is 9.49. The van der Waals surface area contributed by atoms with Crippen molar-refractivity contribution in [2.75, 3.05) is 0 Å². The molecule has 4 heterocycles. The number of hydrogen-bond donors (Lipinski definition) is 2.